The molecule has 0 aliphatic rings. The third-order valence-corrected chi connectivity index (χ3v) is 5.02. The minimum absolute atomic E-state index is 0.264. The van der Waals surface area contributed by atoms with Gasteiger partial charge >= 0.3 is 5.97 Å². The van der Waals surface area contributed by atoms with Crippen LogP contribution in [0.2, 0.25) is 0 Å². The lowest BCUT2D eigenvalue weighted by atomic mass is 10.1. The van der Waals surface area contributed by atoms with E-state index in [1.54, 1.807) is 49.6 Å². The number of anilines is 1. The second kappa shape index (κ2) is 12.4. The summed E-state index contributed by atoms with van der Waals surface area (Å²) < 4.78 is 16.4. The van der Waals surface area contributed by atoms with Gasteiger partial charge < -0.3 is 19.5 Å². The molecule has 3 aromatic rings. The van der Waals surface area contributed by atoms with Crippen molar-refractivity contribution < 1.29 is 23.8 Å². The third kappa shape index (κ3) is 7.19. The summed E-state index contributed by atoms with van der Waals surface area (Å²) in [6.45, 7) is 3.22. The number of hydrogen-bond acceptors (Lipinski definition) is 5. The zero-order valence-corrected chi connectivity index (χ0v) is 19.0. The Labute approximate surface area is 194 Å². The Morgan fingerprint density at radius 2 is 1.61 bits per heavy atom. The van der Waals surface area contributed by atoms with Crippen LogP contribution in [-0.2, 0) is 22.7 Å². The van der Waals surface area contributed by atoms with Gasteiger partial charge in [0.2, 0.25) is 0 Å². The zero-order chi connectivity index (χ0) is 23.5. The number of esters is 1. The number of amides is 1. The summed E-state index contributed by atoms with van der Waals surface area (Å²) in [4.78, 5) is 24.8. The molecule has 6 nitrogen and oxygen atoms in total. The summed E-state index contributed by atoms with van der Waals surface area (Å²) in [6, 6.07) is 21.7. The number of methoxy groups -OCH3 is 1. The molecular formula is C27H29NO5. The molecule has 0 radical (unpaired) electrons. The number of unbranched alkanes of at least 4 members (excludes halogenated alkanes) is 1. The second-order valence-electron chi connectivity index (χ2n) is 7.53. The summed E-state index contributed by atoms with van der Waals surface area (Å²) in [5.41, 5.74) is 3.38. The summed E-state index contributed by atoms with van der Waals surface area (Å²) in [7, 11) is 1.59. The number of rotatable bonds is 11. The smallest absolute Gasteiger partial charge is 0.338 e. The molecule has 0 bridgehead atoms. The van der Waals surface area contributed by atoms with Gasteiger partial charge in [-0.05, 0) is 54.4 Å². The Balaban J connectivity index is 1.61. The van der Waals surface area contributed by atoms with Crippen molar-refractivity contribution in [2.24, 2.45) is 0 Å². The van der Waals surface area contributed by atoms with Gasteiger partial charge in [-0.25, -0.2) is 4.79 Å². The van der Waals surface area contributed by atoms with Crippen molar-refractivity contribution in [2.75, 3.05) is 19.0 Å². The van der Waals surface area contributed by atoms with Crippen LogP contribution in [0.15, 0.2) is 72.8 Å². The lowest BCUT2D eigenvalue weighted by Gasteiger charge is -2.12. The van der Waals surface area contributed by atoms with Crippen LogP contribution in [0.25, 0.3) is 0 Å². The van der Waals surface area contributed by atoms with E-state index >= 15 is 0 Å². The molecule has 3 rings (SSSR count). The van der Waals surface area contributed by atoms with Crippen LogP contribution >= 0.6 is 0 Å². The zero-order valence-electron chi connectivity index (χ0n) is 19.0. The molecule has 0 spiro atoms. The van der Waals surface area contributed by atoms with E-state index in [0.717, 1.165) is 24.0 Å². The highest BCUT2D eigenvalue weighted by molar-refractivity contribution is 6.04. The summed E-state index contributed by atoms with van der Waals surface area (Å²) in [5.74, 6) is 0.0300. The molecular weight excluding hydrogens is 418 g/mol. The van der Waals surface area contributed by atoms with E-state index in [2.05, 4.69) is 5.32 Å². The van der Waals surface area contributed by atoms with Crippen LogP contribution in [-0.4, -0.2) is 25.6 Å². The standard InChI is InChI=1S/C27H29NO5/c1-3-4-16-33-27(30)21-10-13-24(14-11-21)28-26(29)22-12-15-25(31-2)23(17-22)19-32-18-20-8-6-5-7-9-20/h5-15,17H,3-4,16,18-19H2,1-2H3,(H,28,29). The normalized spacial score (nSPS) is 10.5. The lowest BCUT2D eigenvalue weighted by molar-refractivity contribution is 0.0499. The predicted molar refractivity (Wildman–Crippen MR) is 128 cm³/mol. The molecule has 1 amide bonds. The molecule has 0 aliphatic carbocycles. The maximum absolute atomic E-state index is 12.8. The van der Waals surface area contributed by atoms with E-state index < -0.39 is 0 Å². The highest BCUT2D eigenvalue weighted by atomic mass is 16.5. The number of benzene rings is 3. The molecule has 0 atom stereocenters. The van der Waals surface area contributed by atoms with Gasteiger partial charge in [0.15, 0.2) is 0 Å². The highest BCUT2D eigenvalue weighted by Crippen LogP contribution is 2.22. The highest BCUT2D eigenvalue weighted by Gasteiger charge is 2.12. The van der Waals surface area contributed by atoms with Crippen molar-refractivity contribution in [3.05, 3.63) is 95.1 Å². The Hall–Kier alpha value is -3.64. The molecule has 0 aliphatic heterocycles. The van der Waals surface area contributed by atoms with Crippen molar-refractivity contribution in [2.45, 2.75) is 33.0 Å². The molecule has 33 heavy (non-hydrogen) atoms. The minimum Gasteiger partial charge on any atom is -0.496 e. The van der Waals surface area contributed by atoms with E-state index in [9.17, 15) is 9.59 Å². The maximum atomic E-state index is 12.8. The van der Waals surface area contributed by atoms with Crippen LogP contribution in [0.1, 0.15) is 51.6 Å². The Morgan fingerprint density at radius 1 is 0.879 bits per heavy atom. The molecule has 0 heterocycles. The van der Waals surface area contributed by atoms with Crippen molar-refractivity contribution in [3.8, 4) is 5.75 Å². The van der Waals surface area contributed by atoms with Gasteiger partial charge in [0.05, 0.1) is 32.5 Å². The molecule has 0 unspecified atom stereocenters. The van der Waals surface area contributed by atoms with Gasteiger partial charge in [-0.1, -0.05) is 43.7 Å². The molecule has 3 aromatic carbocycles. The first-order chi connectivity index (χ1) is 16.1. The van der Waals surface area contributed by atoms with E-state index in [4.69, 9.17) is 14.2 Å². The first-order valence-corrected chi connectivity index (χ1v) is 11.0. The molecule has 0 saturated heterocycles. The summed E-state index contributed by atoms with van der Waals surface area (Å²) in [5, 5.41) is 2.85. The van der Waals surface area contributed by atoms with E-state index in [0.29, 0.717) is 42.4 Å². The second-order valence-corrected chi connectivity index (χ2v) is 7.53. The van der Waals surface area contributed by atoms with Crippen LogP contribution in [0, 0.1) is 0 Å². The summed E-state index contributed by atoms with van der Waals surface area (Å²) >= 11 is 0. The molecule has 0 aromatic heterocycles. The summed E-state index contributed by atoms with van der Waals surface area (Å²) in [6.07, 6.45) is 1.80. The molecule has 0 fully saturated rings. The number of nitrogens with one attached hydrogen (secondary N) is 1. The topological polar surface area (TPSA) is 73.9 Å². The fourth-order valence-corrected chi connectivity index (χ4v) is 3.17. The van der Waals surface area contributed by atoms with Gasteiger partial charge in [0.1, 0.15) is 5.75 Å². The number of hydrogen-bond donors (Lipinski definition) is 1. The van der Waals surface area contributed by atoms with Crippen LogP contribution < -0.4 is 10.1 Å². The van der Waals surface area contributed by atoms with Gasteiger partial charge in [-0.15, -0.1) is 0 Å². The van der Waals surface area contributed by atoms with E-state index in [-0.39, 0.29) is 11.9 Å². The van der Waals surface area contributed by atoms with Crippen molar-refractivity contribution in [1.82, 2.24) is 0 Å². The average molecular weight is 448 g/mol. The lowest BCUT2D eigenvalue weighted by Crippen LogP contribution is -2.13. The fraction of sp³-hybridized carbons (Fsp3) is 0.259. The predicted octanol–water partition coefficient (Wildman–Crippen LogP) is 5.62. The number of carbonyl (C=O) groups is 2. The van der Waals surface area contributed by atoms with E-state index in [1.165, 1.54) is 0 Å². The van der Waals surface area contributed by atoms with Crippen LogP contribution in [0.4, 0.5) is 5.69 Å². The first-order valence-electron chi connectivity index (χ1n) is 11.0. The van der Waals surface area contributed by atoms with Crippen LogP contribution in [0.3, 0.4) is 0 Å². The fourth-order valence-electron chi connectivity index (χ4n) is 3.17. The van der Waals surface area contributed by atoms with E-state index in [1.807, 2.05) is 37.3 Å². The van der Waals surface area contributed by atoms with Crippen LogP contribution in [0.5, 0.6) is 5.75 Å². The maximum Gasteiger partial charge on any atom is 0.338 e. The van der Waals surface area contributed by atoms with Gasteiger partial charge in [-0.2, -0.15) is 0 Å². The average Bonchev–Trinajstić information content (AvgIpc) is 2.85. The van der Waals surface area contributed by atoms with Gasteiger partial charge in [0.25, 0.3) is 5.91 Å². The molecule has 0 saturated carbocycles. The first kappa shape index (κ1) is 24.0. The SMILES string of the molecule is CCCCOC(=O)c1ccc(NC(=O)c2ccc(OC)c(COCc3ccccc3)c2)cc1. The largest absolute Gasteiger partial charge is 0.496 e. The molecule has 172 valence electrons. The number of ether oxygens (including phenoxy) is 3. The quantitative estimate of drug-likeness (QED) is 0.305. The third-order valence-electron chi connectivity index (χ3n) is 5.02. The monoisotopic (exact) mass is 447 g/mol. The van der Waals surface area contributed by atoms with Crippen molar-refractivity contribution in [1.29, 1.82) is 0 Å². The minimum atomic E-state index is -0.364. The Bertz CT molecular complexity index is 1050. The Kier molecular flexibility index (Phi) is 9.03. The molecule has 1 N–H and O–H groups in total. The Morgan fingerprint density at radius 3 is 2.30 bits per heavy atom. The molecule has 6 heteroatoms. The number of carbonyl (C=O) groups excluding carboxylic acids is 2. The van der Waals surface area contributed by atoms with Crippen molar-refractivity contribution in [3.63, 3.8) is 0 Å². The van der Waals surface area contributed by atoms with Crippen molar-refractivity contribution >= 4 is 17.6 Å². The van der Waals surface area contributed by atoms with Gasteiger partial charge in [-0.3, -0.25) is 4.79 Å². The van der Waals surface area contributed by atoms with Gasteiger partial charge in [0, 0.05) is 16.8 Å².